The highest BCUT2D eigenvalue weighted by Crippen LogP contribution is 2.18. The number of hydrogen-bond donors (Lipinski definition) is 1. The van der Waals surface area contributed by atoms with Crippen molar-refractivity contribution in [3.05, 3.63) is 28.0 Å². The van der Waals surface area contributed by atoms with Crippen molar-refractivity contribution in [2.24, 2.45) is 0 Å². The molecule has 0 saturated carbocycles. The second kappa shape index (κ2) is 7.68. The Hall–Kier alpha value is -0.840. The smallest absolute Gasteiger partial charge is 0.234 e. The minimum absolute atomic E-state index is 0.00916. The molecule has 1 aromatic heterocycles. The maximum atomic E-state index is 11.7. The Morgan fingerprint density at radius 2 is 2.11 bits per heavy atom. The van der Waals surface area contributed by atoms with E-state index < -0.39 is 0 Å². The van der Waals surface area contributed by atoms with Gasteiger partial charge in [0.2, 0.25) is 5.91 Å². The molecule has 0 aliphatic rings. The Bertz CT molecular complexity index is 438. The van der Waals surface area contributed by atoms with Gasteiger partial charge in [-0.3, -0.25) is 9.69 Å². The average molecular weight is 304 g/mol. The van der Waals surface area contributed by atoms with E-state index in [2.05, 4.69) is 10.3 Å². The number of hydrogen-bond acceptors (Lipinski definition) is 3. The summed E-state index contributed by atoms with van der Waals surface area (Å²) in [5.41, 5.74) is 0.866. The first kappa shape index (κ1) is 16.2. The molecule has 1 heterocycles. The number of nitrogens with one attached hydrogen (secondary N) is 1. The van der Waals surface area contributed by atoms with Crippen molar-refractivity contribution in [1.29, 1.82) is 0 Å². The highest BCUT2D eigenvalue weighted by Gasteiger charge is 2.12. The molecule has 106 valence electrons. The summed E-state index contributed by atoms with van der Waals surface area (Å²) in [7, 11) is 0. The molecule has 1 N–H and O–H groups in total. The molecule has 6 heteroatoms. The SMILES string of the molecule is CCN(CC(=O)NC(C)C)Cc1ccc(Cl)nc1Cl. The minimum Gasteiger partial charge on any atom is -0.353 e. The normalized spacial score (nSPS) is 11.1. The van der Waals surface area contributed by atoms with Crippen LogP contribution < -0.4 is 5.32 Å². The third kappa shape index (κ3) is 5.76. The van der Waals surface area contributed by atoms with Crippen LogP contribution in [0.5, 0.6) is 0 Å². The zero-order valence-electron chi connectivity index (χ0n) is 11.4. The summed E-state index contributed by atoms with van der Waals surface area (Å²) in [4.78, 5) is 17.7. The lowest BCUT2D eigenvalue weighted by atomic mass is 10.2. The molecule has 0 aliphatic carbocycles. The van der Waals surface area contributed by atoms with Crippen LogP contribution in [0.15, 0.2) is 12.1 Å². The van der Waals surface area contributed by atoms with E-state index in [1.54, 1.807) is 6.07 Å². The molecular weight excluding hydrogens is 285 g/mol. The molecule has 0 bridgehead atoms. The summed E-state index contributed by atoms with van der Waals surface area (Å²) in [5, 5.41) is 3.62. The maximum absolute atomic E-state index is 11.7. The van der Waals surface area contributed by atoms with Crippen LogP contribution in [0.3, 0.4) is 0 Å². The van der Waals surface area contributed by atoms with Crippen LogP contribution in [-0.2, 0) is 11.3 Å². The van der Waals surface area contributed by atoms with Crippen molar-refractivity contribution in [2.75, 3.05) is 13.1 Å². The number of amides is 1. The van der Waals surface area contributed by atoms with Crippen LogP contribution in [0.2, 0.25) is 10.3 Å². The molecule has 0 aliphatic heterocycles. The number of likely N-dealkylation sites (N-methyl/N-ethyl adjacent to an activating group) is 1. The number of aromatic nitrogens is 1. The fraction of sp³-hybridized carbons (Fsp3) is 0.538. The van der Waals surface area contributed by atoms with Crippen molar-refractivity contribution >= 4 is 29.1 Å². The molecule has 1 amide bonds. The van der Waals surface area contributed by atoms with Crippen LogP contribution in [-0.4, -0.2) is 34.9 Å². The molecule has 0 atom stereocenters. The third-order valence-corrected chi connectivity index (χ3v) is 3.09. The van der Waals surface area contributed by atoms with Crippen molar-refractivity contribution in [2.45, 2.75) is 33.4 Å². The summed E-state index contributed by atoms with van der Waals surface area (Å²) in [6.45, 7) is 7.55. The second-order valence-electron chi connectivity index (χ2n) is 4.61. The molecule has 4 nitrogen and oxygen atoms in total. The zero-order chi connectivity index (χ0) is 14.4. The maximum Gasteiger partial charge on any atom is 0.234 e. The van der Waals surface area contributed by atoms with E-state index >= 15 is 0 Å². The van der Waals surface area contributed by atoms with Crippen LogP contribution in [0.4, 0.5) is 0 Å². The van der Waals surface area contributed by atoms with E-state index in [1.165, 1.54) is 0 Å². The first-order chi connectivity index (χ1) is 8.92. The first-order valence-electron chi connectivity index (χ1n) is 6.25. The summed E-state index contributed by atoms with van der Waals surface area (Å²) in [5.74, 6) is 0.00916. The highest BCUT2D eigenvalue weighted by atomic mass is 35.5. The number of rotatable bonds is 6. The Labute approximate surface area is 124 Å². The number of nitrogens with zero attached hydrogens (tertiary/aromatic N) is 2. The number of carbonyl (C=O) groups excluding carboxylic acids is 1. The standard InChI is InChI=1S/C13H19Cl2N3O/c1-4-18(8-12(19)16-9(2)3)7-10-5-6-11(14)17-13(10)15/h5-6,9H,4,7-8H2,1-3H3,(H,16,19). The van der Waals surface area contributed by atoms with Crippen molar-refractivity contribution in [3.63, 3.8) is 0 Å². The van der Waals surface area contributed by atoms with Gasteiger partial charge in [-0.1, -0.05) is 36.2 Å². The third-order valence-electron chi connectivity index (χ3n) is 2.55. The van der Waals surface area contributed by atoms with E-state index in [-0.39, 0.29) is 11.9 Å². The van der Waals surface area contributed by atoms with E-state index in [1.807, 2.05) is 31.7 Å². The Kier molecular flexibility index (Phi) is 6.55. The fourth-order valence-corrected chi connectivity index (χ4v) is 2.05. The Morgan fingerprint density at radius 1 is 1.42 bits per heavy atom. The molecule has 0 radical (unpaired) electrons. The number of halogens is 2. The van der Waals surface area contributed by atoms with Gasteiger partial charge in [-0.05, 0) is 26.5 Å². The fourth-order valence-electron chi connectivity index (χ4n) is 1.65. The first-order valence-corrected chi connectivity index (χ1v) is 7.00. The van der Waals surface area contributed by atoms with Gasteiger partial charge in [0, 0.05) is 18.2 Å². The van der Waals surface area contributed by atoms with Gasteiger partial charge in [0.25, 0.3) is 0 Å². The molecule has 0 aromatic carbocycles. The summed E-state index contributed by atoms with van der Waals surface area (Å²) < 4.78 is 0. The predicted octanol–water partition coefficient (Wildman–Crippen LogP) is 2.73. The molecule has 19 heavy (non-hydrogen) atoms. The molecular formula is C13H19Cl2N3O. The molecule has 0 saturated heterocycles. The van der Waals surface area contributed by atoms with Gasteiger partial charge >= 0.3 is 0 Å². The predicted molar refractivity (Wildman–Crippen MR) is 78.5 cm³/mol. The summed E-state index contributed by atoms with van der Waals surface area (Å²) in [6.07, 6.45) is 0. The van der Waals surface area contributed by atoms with E-state index in [9.17, 15) is 4.79 Å². The highest BCUT2D eigenvalue weighted by molar-refractivity contribution is 6.32. The number of pyridine rings is 1. The molecule has 0 spiro atoms. The second-order valence-corrected chi connectivity index (χ2v) is 5.35. The molecule has 0 unspecified atom stereocenters. The lowest BCUT2D eigenvalue weighted by molar-refractivity contribution is -0.122. The van der Waals surface area contributed by atoms with Crippen LogP contribution in [0.25, 0.3) is 0 Å². The number of carbonyl (C=O) groups is 1. The lowest BCUT2D eigenvalue weighted by Crippen LogP contribution is -2.39. The molecule has 0 fully saturated rings. The van der Waals surface area contributed by atoms with Gasteiger partial charge in [-0.25, -0.2) is 4.98 Å². The lowest BCUT2D eigenvalue weighted by Gasteiger charge is -2.21. The molecule has 1 aromatic rings. The van der Waals surface area contributed by atoms with Gasteiger partial charge in [0.15, 0.2) is 0 Å². The topological polar surface area (TPSA) is 45.2 Å². The Balaban J connectivity index is 2.63. The van der Waals surface area contributed by atoms with Gasteiger partial charge in [0.1, 0.15) is 10.3 Å². The van der Waals surface area contributed by atoms with Crippen LogP contribution >= 0.6 is 23.2 Å². The van der Waals surface area contributed by atoms with Crippen molar-refractivity contribution in [3.8, 4) is 0 Å². The van der Waals surface area contributed by atoms with E-state index in [0.717, 1.165) is 12.1 Å². The Morgan fingerprint density at radius 3 is 2.63 bits per heavy atom. The quantitative estimate of drug-likeness (QED) is 0.822. The van der Waals surface area contributed by atoms with Gasteiger partial charge < -0.3 is 5.32 Å². The zero-order valence-corrected chi connectivity index (χ0v) is 12.9. The largest absolute Gasteiger partial charge is 0.353 e. The minimum atomic E-state index is 0.00916. The summed E-state index contributed by atoms with van der Waals surface area (Å²) in [6, 6.07) is 3.68. The van der Waals surface area contributed by atoms with Gasteiger partial charge in [-0.15, -0.1) is 0 Å². The van der Waals surface area contributed by atoms with E-state index in [4.69, 9.17) is 23.2 Å². The van der Waals surface area contributed by atoms with Gasteiger partial charge in [-0.2, -0.15) is 0 Å². The van der Waals surface area contributed by atoms with Crippen LogP contribution in [0, 0.1) is 0 Å². The monoisotopic (exact) mass is 303 g/mol. The van der Waals surface area contributed by atoms with E-state index in [0.29, 0.717) is 23.4 Å². The van der Waals surface area contributed by atoms with Crippen LogP contribution in [0.1, 0.15) is 26.3 Å². The summed E-state index contributed by atoms with van der Waals surface area (Å²) >= 11 is 11.8. The average Bonchev–Trinajstić information content (AvgIpc) is 2.30. The van der Waals surface area contributed by atoms with Crippen molar-refractivity contribution in [1.82, 2.24) is 15.2 Å². The van der Waals surface area contributed by atoms with Gasteiger partial charge in [0.05, 0.1) is 6.54 Å². The van der Waals surface area contributed by atoms with Crippen molar-refractivity contribution < 1.29 is 4.79 Å². The molecule has 1 rings (SSSR count).